The second-order valence-electron chi connectivity index (χ2n) is 4.53. The number of carbonyl (C=O) groups excluding carboxylic acids is 3. The second kappa shape index (κ2) is 6.39. The van der Waals surface area contributed by atoms with E-state index in [1.54, 1.807) is 7.05 Å². The van der Waals surface area contributed by atoms with E-state index in [9.17, 15) is 14.4 Å². The van der Waals surface area contributed by atoms with Gasteiger partial charge in [0.15, 0.2) is 0 Å². The van der Waals surface area contributed by atoms with Crippen LogP contribution in [0.5, 0.6) is 0 Å². The second-order valence-corrected chi connectivity index (χ2v) is 4.53. The summed E-state index contributed by atoms with van der Waals surface area (Å²) in [4.78, 5) is 35.5. The molecule has 0 atom stereocenters. The highest BCUT2D eigenvalue weighted by molar-refractivity contribution is 6.44. The van der Waals surface area contributed by atoms with Crippen LogP contribution in [0.3, 0.4) is 0 Å². The molecule has 1 fully saturated rings. The van der Waals surface area contributed by atoms with Crippen molar-refractivity contribution in [2.24, 2.45) is 5.92 Å². The summed E-state index contributed by atoms with van der Waals surface area (Å²) in [5.41, 5.74) is 0. The van der Waals surface area contributed by atoms with Gasteiger partial charge in [-0.15, -0.1) is 0 Å². The van der Waals surface area contributed by atoms with Gasteiger partial charge in [-0.2, -0.15) is 0 Å². The minimum Gasteiger partial charge on any atom is -0.462 e. The first-order valence-electron chi connectivity index (χ1n) is 5.64. The van der Waals surface area contributed by atoms with E-state index in [4.69, 9.17) is 14.0 Å². The summed E-state index contributed by atoms with van der Waals surface area (Å²) in [7, 11) is -0.00175. The lowest BCUT2D eigenvalue weighted by atomic mass is 10.1. The fourth-order valence-electron chi connectivity index (χ4n) is 1.35. The molecule has 1 saturated heterocycles. The van der Waals surface area contributed by atoms with E-state index in [1.807, 2.05) is 13.8 Å². The molecule has 0 unspecified atom stereocenters. The predicted molar refractivity (Wildman–Crippen MR) is 61.0 cm³/mol. The highest BCUT2D eigenvalue weighted by Crippen LogP contribution is 2.06. The predicted octanol–water partition coefficient (Wildman–Crippen LogP) is -0.408. The van der Waals surface area contributed by atoms with Crippen molar-refractivity contribution in [2.45, 2.75) is 20.3 Å². The van der Waals surface area contributed by atoms with Crippen molar-refractivity contribution in [3.63, 3.8) is 0 Å². The summed E-state index contributed by atoms with van der Waals surface area (Å²) in [5.74, 6) is -1.71. The molecule has 7 nitrogen and oxygen atoms in total. The van der Waals surface area contributed by atoms with Gasteiger partial charge < -0.3 is 14.0 Å². The molecule has 100 valence electrons. The average Bonchev–Trinajstić information content (AvgIpc) is 2.11. The number of hydrogen-bond acceptors (Lipinski definition) is 7. The van der Waals surface area contributed by atoms with Crippen LogP contribution in [0, 0.1) is 5.92 Å². The summed E-state index contributed by atoms with van der Waals surface area (Å²) in [6, 6.07) is 0. The Bertz CT molecular complexity index is 325. The van der Waals surface area contributed by atoms with Crippen LogP contribution in [-0.4, -0.2) is 50.3 Å². The van der Waals surface area contributed by atoms with Crippen LogP contribution in [-0.2, 0) is 28.3 Å². The van der Waals surface area contributed by atoms with Gasteiger partial charge in [-0.3, -0.25) is 19.3 Å². The van der Waals surface area contributed by atoms with Crippen molar-refractivity contribution < 1.29 is 28.3 Å². The highest BCUT2D eigenvalue weighted by atomic mass is 16.8. The van der Waals surface area contributed by atoms with Gasteiger partial charge in [-0.1, -0.05) is 13.8 Å². The molecule has 1 aliphatic heterocycles. The molecule has 18 heavy (non-hydrogen) atoms. The molecule has 0 bridgehead atoms. The monoisotopic (exact) mass is 257 g/mol. The third-order valence-electron chi connectivity index (χ3n) is 2.06. The zero-order valence-corrected chi connectivity index (χ0v) is 10.7. The fraction of sp³-hybridized carbons (Fsp3) is 0.700. The molecule has 1 rings (SSSR count). The van der Waals surface area contributed by atoms with E-state index in [0.29, 0.717) is 0 Å². The Balaban J connectivity index is 2.55. The van der Waals surface area contributed by atoms with Crippen LogP contribution in [0.1, 0.15) is 20.3 Å². The highest BCUT2D eigenvalue weighted by Gasteiger charge is 2.38. The van der Waals surface area contributed by atoms with Crippen molar-refractivity contribution in [1.82, 2.24) is 4.90 Å². The van der Waals surface area contributed by atoms with E-state index < -0.39 is 25.2 Å². The Morgan fingerprint density at radius 3 is 2.28 bits per heavy atom. The molecule has 0 spiro atoms. The minimum absolute atomic E-state index is 0.0622. The zero-order valence-electron chi connectivity index (χ0n) is 10.7. The molecule has 0 saturated carbocycles. The Kier molecular flexibility index (Phi) is 5.15. The quantitative estimate of drug-likeness (QED) is 0.635. The van der Waals surface area contributed by atoms with Crippen LogP contribution in [0.25, 0.3) is 0 Å². The molecule has 8 heteroatoms. The maximum absolute atomic E-state index is 11.4. The van der Waals surface area contributed by atoms with E-state index in [2.05, 4.69) is 0 Å². The number of nitrogens with zero attached hydrogens (tertiary/aromatic N) is 1. The Hall–Kier alpha value is -1.57. The molecule has 0 radical (unpaired) electrons. The first-order valence-corrected chi connectivity index (χ1v) is 5.64. The third-order valence-corrected chi connectivity index (χ3v) is 2.06. The van der Waals surface area contributed by atoms with Gasteiger partial charge in [0.2, 0.25) is 0 Å². The molecular weight excluding hydrogens is 241 g/mol. The van der Waals surface area contributed by atoms with E-state index in [1.165, 1.54) is 4.90 Å². The topological polar surface area (TPSA) is 82.1 Å². The van der Waals surface area contributed by atoms with Crippen molar-refractivity contribution >= 4 is 25.2 Å². The van der Waals surface area contributed by atoms with E-state index in [-0.39, 0.29) is 25.4 Å². The molecule has 0 aliphatic carbocycles. The van der Waals surface area contributed by atoms with Crippen molar-refractivity contribution in [3.05, 3.63) is 0 Å². The molecule has 0 N–H and O–H groups in total. The summed E-state index contributed by atoms with van der Waals surface area (Å²) >= 11 is 0. The number of hydrogen-bond donors (Lipinski definition) is 0. The summed E-state index contributed by atoms with van der Waals surface area (Å²) in [6.45, 7) is 3.55. The molecule has 1 heterocycles. The lowest BCUT2D eigenvalue weighted by molar-refractivity contribution is -0.152. The summed E-state index contributed by atoms with van der Waals surface area (Å²) in [6.07, 6.45) is 0.158. The summed E-state index contributed by atoms with van der Waals surface area (Å²) < 4.78 is 14.2. The van der Waals surface area contributed by atoms with Crippen LogP contribution in [0.2, 0.25) is 0 Å². The first-order chi connectivity index (χ1) is 8.36. The Labute approximate surface area is 106 Å². The number of carbonyl (C=O) groups is 3. The van der Waals surface area contributed by atoms with Gasteiger partial charge in [0.1, 0.15) is 0 Å². The van der Waals surface area contributed by atoms with Gasteiger partial charge in [0.25, 0.3) is 5.97 Å². The fourth-order valence-corrected chi connectivity index (χ4v) is 1.35. The maximum atomic E-state index is 11.4. The Morgan fingerprint density at radius 1 is 1.33 bits per heavy atom. The first kappa shape index (κ1) is 14.5. The van der Waals surface area contributed by atoms with Crippen molar-refractivity contribution in [2.75, 3.05) is 20.1 Å². The molecule has 0 aromatic rings. The van der Waals surface area contributed by atoms with Gasteiger partial charge in [0, 0.05) is 6.42 Å². The van der Waals surface area contributed by atoms with Crippen molar-refractivity contribution in [1.29, 1.82) is 0 Å². The smallest absolute Gasteiger partial charge is 0.462 e. The third kappa shape index (κ3) is 5.18. The average molecular weight is 257 g/mol. The van der Waals surface area contributed by atoms with Gasteiger partial charge in [0.05, 0.1) is 13.1 Å². The van der Waals surface area contributed by atoms with Crippen LogP contribution in [0.15, 0.2) is 0 Å². The van der Waals surface area contributed by atoms with Gasteiger partial charge in [-0.05, 0) is 13.0 Å². The van der Waals surface area contributed by atoms with E-state index >= 15 is 0 Å². The molecule has 0 aromatic heterocycles. The summed E-state index contributed by atoms with van der Waals surface area (Å²) in [5, 5.41) is 0. The molecule has 0 aromatic carbocycles. The van der Waals surface area contributed by atoms with E-state index in [0.717, 1.165) is 0 Å². The molecular formula is C10H16BNO6. The number of likely N-dealkylation sites (N-methyl/N-ethyl adjacent to an activating group) is 1. The maximum Gasteiger partial charge on any atom is 0.870 e. The SMILES string of the molecule is CC(C)CC(=O)OB1OC(=O)CN(C)CC(=O)O1. The van der Waals surface area contributed by atoms with Crippen LogP contribution >= 0.6 is 0 Å². The molecule has 0 amide bonds. The lowest BCUT2D eigenvalue weighted by Crippen LogP contribution is -2.44. The van der Waals surface area contributed by atoms with Crippen molar-refractivity contribution in [3.8, 4) is 0 Å². The Morgan fingerprint density at radius 2 is 1.83 bits per heavy atom. The molecule has 1 aliphatic rings. The normalized spacial score (nSPS) is 17.9. The van der Waals surface area contributed by atoms with Crippen LogP contribution in [0.4, 0.5) is 0 Å². The van der Waals surface area contributed by atoms with Crippen LogP contribution < -0.4 is 0 Å². The largest absolute Gasteiger partial charge is 0.870 e. The van der Waals surface area contributed by atoms with Gasteiger partial charge in [-0.25, -0.2) is 0 Å². The standard InChI is InChI=1S/C10H16BNO6/c1-7(2)4-8(13)16-11-17-9(14)5-12(3)6-10(15)18-11/h7H,4-6H2,1-3H3. The minimum atomic E-state index is -1.58. The lowest BCUT2D eigenvalue weighted by Gasteiger charge is -2.21. The zero-order chi connectivity index (χ0) is 13.7. The van der Waals surface area contributed by atoms with Gasteiger partial charge >= 0.3 is 19.3 Å². The number of rotatable bonds is 3.